The van der Waals surface area contributed by atoms with Crippen molar-refractivity contribution in [2.75, 3.05) is 0 Å². The Hall–Kier alpha value is -1.35. The number of hydrogen-bond donors (Lipinski definition) is 2. The lowest BCUT2D eigenvalue weighted by Gasteiger charge is -2.18. The minimum Gasteiger partial charge on any atom is -0.390 e. The van der Waals surface area contributed by atoms with Crippen LogP contribution in [-0.4, -0.2) is 43.1 Å². The molecule has 0 unspecified atom stereocenters. The van der Waals surface area contributed by atoms with Crippen molar-refractivity contribution in [3.05, 3.63) is 21.7 Å². The van der Waals surface area contributed by atoms with Crippen molar-refractivity contribution < 1.29 is 14.9 Å². The first-order valence-electron chi connectivity index (χ1n) is 6.87. The predicted molar refractivity (Wildman–Crippen MR) is 77.2 cm³/mol. The molecule has 1 saturated heterocycles. The highest BCUT2D eigenvalue weighted by molar-refractivity contribution is 7.16. The molecule has 3 heterocycles. The molecule has 3 rings (SSSR count). The number of aryl methyl sites for hydroxylation is 1. The van der Waals surface area contributed by atoms with E-state index in [4.69, 9.17) is 4.74 Å². The number of aliphatic hydroxyl groups is 2. The molecule has 8 heteroatoms. The highest BCUT2D eigenvalue weighted by atomic mass is 32.1. The van der Waals surface area contributed by atoms with E-state index in [0.717, 1.165) is 11.3 Å². The monoisotopic (exact) mass is 311 g/mol. The molecule has 4 atom stereocenters. The minimum atomic E-state index is -0.845. The third-order valence-electron chi connectivity index (χ3n) is 3.70. The molecule has 0 aromatic carbocycles. The quantitative estimate of drug-likeness (QED) is 0.860. The Morgan fingerprint density at radius 2 is 2.38 bits per heavy atom. The summed E-state index contributed by atoms with van der Waals surface area (Å²) in [6.45, 7) is 3.58. The van der Waals surface area contributed by atoms with E-state index in [2.05, 4.69) is 9.97 Å². The lowest BCUT2D eigenvalue weighted by atomic mass is 10.1. The minimum absolute atomic E-state index is 0.249. The van der Waals surface area contributed by atoms with Gasteiger partial charge in [0, 0.05) is 6.42 Å². The molecule has 1 fully saturated rings. The second-order valence-corrected chi connectivity index (χ2v) is 6.18. The van der Waals surface area contributed by atoms with E-state index < -0.39 is 24.5 Å². The van der Waals surface area contributed by atoms with Crippen LogP contribution in [0.2, 0.25) is 0 Å². The second kappa shape index (κ2) is 5.45. The van der Waals surface area contributed by atoms with E-state index in [9.17, 15) is 15.0 Å². The van der Waals surface area contributed by atoms with Gasteiger partial charge in [0.25, 0.3) is 0 Å². The summed E-state index contributed by atoms with van der Waals surface area (Å²) in [5.74, 6) is 0.548. The molecule has 0 bridgehead atoms. The molecule has 2 aromatic rings. The molecular weight excluding hydrogens is 294 g/mol. The van der Waals surface area contributed by atoms with Crippen molar-refractivity contribution in [2.24, 2.45) is 0 Å². The Labute approximate surface area is 124 Å². The maximum absolute atomic E-state index is 12.2. The summed E-state index contributed by atoms with van der Waals surface area (Å²) in [6, 6.07) is 0. The summed E-state index contributed by atoms with van der Waals surface area (Å²) in [5, 5.41) is 20.1. The standard InChI is InChI=1S/C13H17N3O4S/c1-3-7(17)9-4-8(18)12(20-9)16-11-10(21-13(16)19)5-14-6(2)15-11/h5,7-9,12,17-18H,3-4H2,1-2H3/t7-,8+,9-,12+/m0/s1. The van der Waals surface area contributed by atoms with Gasteiger partial charge >= 0.3 is 4.87 Å². The summed E-state index contributed by atoms with van der Waals surface area (Å²) >= 11 is 1.02. The van der Waals surface area contributed by atoms with Crippen LogP contribution >= 0.6 is 11.3 Å². The fourth-order valence-corrected chi connectivity index (χ4v) is 3.39. The average molecular weight is 311 g/mol. The van der Waals surface area contributed by atoms with E-state index in [1.807, 2.05) is 6.92 Å². The molecule has 2 aromatic heterocycles. The summed E-state index contributed by atoms with van der Waals surface area (Å²) < 4.78 is 7.73. The molecule has 21 heavy (non-hydrogen) atoms. The van der Waals surface area contributed by atoms with E-state index in [1.165, 1.54) is 4.57 Å². The SMILES string of the molecule is CC[C@H](O)[C@@H]1C[C@@H](O)[C@H](n2c(=O)sc3cnc(C)nc32)O1. The van der Waals surface area contributed by atoms with Crippen LogP contribution < -0.4 is 4.87 Å². The molecule has 0 amide bonds. The van der Waals surface area contributed by atoms with E-state index in [1.54, 1.807) is 13.1 Å². The Kier molecular flexibility index (Phi) is 3.78. The summed E-state index contributed by atoms with van der Waals surface area (Å²) in [7, 11) is 0. The highest BCUT2D eigenvalue weighted by Crippen LogP contribution is 2.32. The molecule has 2 N–H and O–H groups in total. The first kappa shape index (κ1) is 14.6. The van der Waals surface area contributed by atoms with Crippen LogP contribution in [0.3, 0.4) is 0 Å². The number of nitrogens with zero attached hydrogens (tertiary/aromatic N) is 3. The third-order valence-corrected chi connectivity index (χ3v) is 4.58. The van der Waals surface area contributed by atoms with Gasteiger partial charge in [0.1, 0.15) is 11.9 Å². The molecule has 0 saturated carbocycles. The number of aliphatic hydroxyl groups excluding tert-OH is 2. The molecule has 7 nitrogen and oxygen atoms in total. The van der Waals surface area contributed by atoms with Gasteiger partial charge in [-0.3, -0.25) is 9.36 Å². The van der Waals surface area contributed by atoms with Gasteiger partial charge in [0.05, 0.1) is 23.1 Å². The van der Waals surface area contributed by atoms with Crippen molar-refractivity contribution in [2.45, 2.75) is 51.2 Å². The van der Waals surface area contributed by atoms with Crippen molar-refractivity contribution >= 4 is 21.7 Å². The lowest BCUT2D eigenvalue weighted by Crippen LogP contribution is -2.28. The molecule has 0 aliphatic carbocycles. The van der Waals surface area contributed by atoms with Crippen molar-refractivity contribution in [1.82, 2.24) is 14.5 Å². The number of aromatic nitrogens is 3. The number of thiazole rings is 1. The second-order valence-electron chi connectivity index (χ2n) is 5.19. The van der Waals surface area contributed by atoms with Crippen LogP contribution in [0.25, 0.3) is 10.3 Å². The molecule has 1 aliphatic rings. The van der Waals surface area contributed by atoms with Gasteiger partial charge < -0.3 is 14.9 Å². The maximum Gasteiger partial charge on any atom is 0.311 e. The smallest absolute Gasteiger partial charge is 0.311 e. The first-order valence-corrected chi connectivity index (χ1v) is 7.69. The van der Waals surface area contributed by atoms with Crippen molar-refractivity contribution in [3.8, 4) is 0 Å². The fourth-order valence-electron chi connectivity index (χ4n) is 2.57. The largest absolute Gasteiger partial charge is 0.390 e. The predicted octanol–water partition coefficient (Wildman–Crippen LogP) is 0.581. The zero-order chi connectivity index (χ0) is 15.1. The molecule has 1 aliphatic heterocycles. The fraction of sp³-hybridized carbons (Fsp3) is 0.615. The van der Waals surface area contributed by atoms with Gasteiger partial charge in [-0.05, 0) is 13.3 Å². The van der Waals surface area contributed by atoms with Crippen LogP contribution in [0, 0.1) is 6.92 Å². The molecule has 114 valence electrons. The van der Waals surface area contributed by atoms with Gasteiger partial charge in [0.2, 0.25) is 0 Å². The zero-order valence-electron chi connectivity index (χ0n) is 11.8. The Morgan fingerprint density at radius 1 is 1.62 bits per heavy atom. The summed E-state index contributed by atoms with van der Waals surface area (Å²) in [5.41, 5.74) is 0.466. The lowest BCUT2D eigenvalue weighted by molar-refractivity contribution is -0.0752. The number of ether oxygens (including phenoxy) is 1. The van der Waals surface area contributed by atoms with Crippen LogP contribution in [-0.2, 0) is 4.74 Å². The topological polar surface area (TPSA) is 97.5 Å². The Morgan fingerprint density at radius 3 is 3.10 bits per heavy atom. The first-order chi connectivity index (χ1) is 10.0. The van der Waals surface area contributed by atoms with Gasteiger partial charge in [-0.25, -0.2) is 9.97 Å². The zero-order valence-corrected chi connectivity index (χ0v) is 12.6. The van der Waals surface area contributed by atoms with Crippen molar-refractivity contribution in [1.29, 1.82) is 0 Å². The third kappa shape index (κ3) is 2.48. The average Bonchev–Trinajstić information content (AvgIpc) is 2.97. The Balaban J connectivity index is 2.02. The van der Waals surface area contributed by atoms with Gasteiger partial charge in [-0.15, -0.1) is 0 Å². The molecular formula is C13H17N3O4S. The molecule has 0 radical (unpaired) electrons. The van der Waals surface area contributed by atoms with Crippen LogP contribution in [0.4, 0.5) is 0 Å². The van der Waals surface area contributed by atoms with Gasteiger partial charge in [0.15, 0.2) is 11.9 Å². The van der Waals surface area contributed by atoms with Gasteiger partial charge in [-0.1, -0.05) is 18.3 Å². The summed E-state index contributed by atoms with van der Waals surface area (Å²) in [4.78, 5) is 20.3. The number of rotatable bonds is 3. The summed E-state index contributed by atoms with van der Waals surface area (Å²) in [6.07, 6.45) is -0.354. The van der Waals surface area contributed by atoms with Crippen molar-refractivity contribution in [3.63, 3.8) is 0 Å². The van der Waals surface area contributed by atoms with E-state index in [0.29, 0.717) is 29.0 Å². The normalized spacial score (nSPS) is 27.3. The highest BCUT2D eigenvalue weighted by Gasteiger charge is 2.39. The number of fused-ring (bicyclic) bond motifs is 1. The van der Waals surface area contributed by atoms with E-state index in [-0.39, 0.29) is 4.87 Å². The van der Waals surface area contributed by atoms with E-state index >= 15 is 0 Å². The Bertz CT molecular complexity index is 713. The van der Waals surface area contributed by atoms with Crippen LogP contribution in [0.15, 0.2) is 11.0 Å². The van der Waals surface area contributed by atoms with Crippen LogP contribution in [0.1, 0.15) is 31.8 Å². The molecule has 0 spiro atoms. The number of hydrogen-bond acceptors (Lipinski definition) is 7. The van der Waals surface area contributed by atoms with Crippen LogP contribution in [0.5, 0.6) is 0 Å². The maximum atomic E-state index is 12.2. The van der Waals surface area contributed by atoms with Gasteiger partial charge in [-0.2, -0.15) is 0 Å².